The number of alkyl halides is 3. The van der Waals surface area contributed by atoms with Gasteiger partial charge in [-0.2, -0.15) is 13.2 Å². The molecule has 1 aliphatic rings. The molecule has 2 rings (SSSR count). The summed E-state index contributed by atoms with van der Waals surface area (Å²) >= 11 is 0.404. The van der Waals surface area contributed by atoms with E-state index < -0.39 is 11.2 Å². The highest BCUT2D eigenvalue weighted by atomic mass is 32.1. The molecular formula is C8H10F3N3OS. The van der Waals surface area contributed by atoms with Gasteiger partial charge in [-0.05, 0) is 19.3 Å². The molecule has 2 atom stereocenters. The maximum absolute atomic E-state index is 12.2. The summed E-state index contributed by atoms with van der Waals surface area (Å²) in [5.41, 5.74) is 5.73. The molecule has 1 aliphatic carbocycles. The zero-order chi connectivity index (χ0) is 11.8. The van der Waals surface area contributed by atoms with Gasteiger partial charge in [0.05, 0.1) is 0 Å². The fourth-order valence-corrected chi connectivity index (χ4v) is 2.22. The number of nitrogens with two attached hydrogens (primary N) is 1. The first kappa shape index (κ1) is 11.6. The van der Waals surface area contributed by atoms with Crippen molar-refractivity contribution >= 4 is 11.3 Å². The number of ether oxygens (including phenoxy) is 1. The van der Waals surface area contributed by atoms with Gasteiger partial charge in [0.2, 0.25) is 5.01 Å². The van der Waals surface area contributed by atoms with E-state index in [1.54, 1.807) is 0 Å². The Kier molecular flexibility index (Phi) is 3.02. The van der Waals surface area contributed by atoms with E-state index in [1.807, 2.05) is 0 Å². The van der Waals surface area contributed by atoms with Crippen LogP contribution < -0.4 is 10.5 Å². The van der Waals surface area contributed by atoms with Gasteiger partial charge in [0.25, 0.3) is 5.19 Å². The average molecular weight is 253 g/mol. The Hall–Kier alpha value is -0.890. The first-order valence-electron chi connectivity index (χ1n) is 4.80. The predicted octanol–water partition coefficient (Wildman–Crippen LogP) is 1.82. The number of rotatable bonds is 2. The second-order valence-electron chi connectivity index (χ2n) is 3.62. The Bertz CT molecular complexity index is 368. The summed E-state index contributed by atoms with van der Waals surface area (Å²) in [4.78, 5) is 0. The third-order valence-electron chi connectivity index (χ3n) is 2.40. The minimum atomic E-state index is -4.46. The fourth-order valence-electron chi connectivity index (χ4n) is 1.60. The maximum Gasteiger partial charge on any atom is 0.445 e. The largest absolute Gasteiger partial charge is 0.464 e. The summed E-state index contributed by atoms with van der Waals surface area (Å²) in [5, 5.41) is 5.33. The molecule has 1 heterocycles. The Labute approximate surface area is 93.6 Å². The number of halogens is 3. The summed E-state index contributed by atoms with van der Waals surface area (Å²) < 4.78 is 41.9. The van der Waals surface area contributed by atoms with E-state index in [9.17, 15) is 13.2 Å². The standard InChI is InChI=1S/C8H10F3N3OS/c9-8(10,11)6-13-14-7(16-6)15-5-3-1-2-4(5)12/h4-5H,1-3,12H2. The van der Waals surface area contributed by atoms with E-state index in [0.717, 1.165) is 19.3 Å². The van der Waals surface area contributed by atoms with Crippen LogP contribution in [0.1, 0.15) is 24.3 Å². The molecule has 0 aromatic carbocycles. The van der Waals surface area contributed by atoms with E-state index >= 15 is 0 Å². The lowest BCUT2D eigenvalue weighted by atomic mass is 10.2. The quantitative estimate of drug-likeness (QED) is 0.873. The lowest BCUT2D eigenvalue weighted by molar-refractivity contribution is -0.138. The van der Waals surface area contributed by atoms with Crippen molar-refractivity contribution in [3.8, 4) is 5.19 Å². The molecule has 0 amide bonds. The van der Waals surface area contributed by atoms with E-state index in [-0.39, 0.29) is 17.3 Å². The monoisotopic (exact) mass is 253 g/mol. The van der Waals surface area contributed by atoms with E-state index in [0.29, 0.717) is 11.3 Å². The van der Waals surface area contributed by atoms with E-state index in [2.05, 4.69) is 10.2 Å². The molecule has 1 aromatic heterocycles. The summed E-state index contributed by atoms with van der Waals surface area (Å²) in [6, 6.07) is -0.127. The van der Waals surface area contributed by atoms with Gasteiger partial charge in [0, 0.05) is 6.04 Å². The summed E-state index contributed by atoms with van der Waals surface area (Å²) in [7, 11) is 0. The van der Waals surface area contributed by atoms with Crippen molar-refractivity contribution in [3.63, 3.8) is 0 Å². The Morgan fingerprint density at radius 2 is 2.06 bits per heavy atom. The highest BCUT2D eigenvalue weighted by Gasteiger charge is 2.36. The zero-order valence-corrected chi connectivity index (χ0v) is 9.01. The zero-order valence-electron chi connectivity index (χ0n) is 8.20. The summed E-state index contributed by atoms with van der Waals surface area (Å²) in [6.07, 6.45) is -2.19. The van der Waals surface area contributed by atoms with E-state index in [4.69, 9.17) is 10.5 Å². The molecule has 1 saturated carbocycles. The van der Waals surface area contributed by atoms with Crippen LogP contribution in [0.15, 0.2) is 0 Å². The summed E-state index contributed by atoms with van der Waals surface area (Å²) in [6.45, 7) is 0. The smallest absolute Gasteiger partial charge is 0.445 e. The van der Waals surface area contributed by atoms with Gasteiger partial charge in [-0.3, -0.25) is 0 Å². The lowest BCUT2D eigenvalue weighted by Gasteiger charge is -2.14. The van der Waals surface area contributed by atoms with Crippen molar-refractivity contribution in [3.05, 3.63) is 5.01 Å². The number of aromatic nitrogens is 2. The first-order chi connectivity index (χ1) is 7.47. The normalized spacial score (nSPS) is 26.0. The van der Waals surface area contributed by atoms with Crippen molar-refractivity contribution in [1.82, 2.24) is 10.2 Å². The van der Waals surface area contributed by atoms with Crippen molar-refractivity contribution in [2.24, 2.45) is 5.73 Å². The molecule has 8 heteroatoms. The van der Waals surface area contributed by atoms with Crippen LogP contribution in [0.3, 0.4) is 0 Å². The highest BCUT2D eigenvalue weighted by molar-refractivity contribution is 7.13. The lowest BCUT2D eigenvalue weighted by Crippen LogP contribution is -2.33. The van der Waals surface area contributed by atoms with Gasteiger partial charge in [-0.1, -0.05) is 16.4 Å². The second-order valence-corrected chi connectivity index (χ2v) is 4.56. The fraction of sp³-hybridized carbons (Fsp3) is 0.750. The Morgan fingerprint density at radius 1 is 1.31 bits per heavy atom. The molecule has 2 unspecified atom stereocenters. The van der Waals surface area contributed by atoms with Crippen molar-refractivity contribution in [1.29, 1.82) is 0 Å². The van der Waals surface area contributed by atoms with Crippen LogP contribution in [0, 0.1) is 0 Å². The minimum Gasteiger partial charge on any atom is -0.464 e. The van der Waals surface area contributed by atoms with Gasteiger partial charge < -0.3 is 10.5 Å². The van der Waals surface area contributed by atoms with Gasteiger partial charge in [0.15, 0.2) is 0 Å². The molecule has 0 saturated heterocycles. The second kappa shape index (κ2) is 4.17. The predicted molar refractivity (Wildman–Crippen MR) is 51.2 cm³/mol. The Morgan fingerprint density at radius 3 is 2.56 bits per heavy atom. The van der Waals surface area contributed by atoms with Gasteiger partial charge in [-0.15, -0.1) is 5.10 Å². The number of hydrogen-bond acceptors (Lipinski definition) is 5. The van der Waals surface area contributed by atoms with Gasteiger partial charge >= 0.3 is 6.18 Å². The molecule has 0 aliphatic heterocycles. The molecule has 1 fully saturated rings. The highest BCUT2D eigenvalue weighted by Crippen LogP contribution is 2.35. The van der Waals surface area contributed by atoms with Crippen LogP contribution >= 0.6 is 11.3 Å². The molecule has 0 spiro atoms. The van der Waals surface area contributed by atoms with Gasteiger partial charge in [-0.25, -0.2) is 0 Å². The molecular weight excluding hydrogens is 243 g/mol. The van der Waals surface area contributed by atoms with Crippen LogP contribution in [-0.4, -0.2) is 22.3 Å². The average Bonchev–Trinajstić information content (AvgIpc) is 2.76. The first-order valence-corrected chi connectivity index (χ1v) is 5.61. The van der Waals surface area contributed by atoms with Gasteiger partial charge in [0.1, 0.15) is 6.10 Å². The van der Waals surface area contributed by atoms with Crippen LogP contribution in [0.5, 0.6) is 5.19 Å². The van der Waals surface area contributed by atoms with Crippen molar-refractivity contribution < 1.29 is 17.9 Å². The van der Waals surface area contributed by atoms with Crippen LogP contribution in [0.4, 0.5) is 13.2 Å². The third-order valence-corrected chi connectivity index (χ3v) is 3.26. The van der Waals surface area contributed by atoms with Crippen LogP contribution in [0.25, 0.3) is 0 Å². The molecule has 90 valence electrons. The topological polar surface area (TPSA) is 61.0 Å². The van der Waals surface area contributed by atoms with Crippen LogP contribution in [0.2, 0.25) is 0 Å². The SMILES string of the molecule is NC1CCCC1Oc1nnc(C(F)(F)F)s1. The molecule has 1 aromatic rings. The van der Waals surface area contributed by atoms with Crippen molar-refractivity contribution in [2.45, 2.75) is 37.6 Å². The number of hydrogen-bond donors (Lipinski definition) is 1. The third kappa shape index (κ3) is 2.43. The molecule has 0 bridgehead atoms. The minimum absolute atomic E-state index is 0.0605. The Balaban J connectivity index is 2.03. The summed E-state index contributed by atoms with van der Waals surface area (Å²) in [5.74, 6) is 0. The van der Waals surface area contributed by atoms with E-state index in [1.165, 1.54) is 0 Å². The maximum atomic E-state index is 12.2. The molecule has 2 N–H and O–H groups in total. The van der Waals surface area contributed by atoms with Crippen molar-refractivity contribution in [2.75, 3.05) is 0 Å². The molecule has 16 heavy (non-hydrogen) atoms. The number of nitrogens with zero attached hydrogens (tertiary/aromatic N) is 2. The molecule has 4 nitrogen and oxygen atoms in total. The van der Waals surface area contributed by atoms with Crippen LogP contribution in [-0.2, 0) is 6.18 Å². The molecule has 0 radical (unpaired) electrons.